The second-order valence-corrected chi connectivity index (χ2v) is 0.209. The first kappa shape index (κ1) is 3.25. The standard InChI is InChI=1S/CH2N2O/c2-1-4-3/h3H2. The quantitative estimate of drug-likeness (QED) is 0.297. The van der Waals surface area contributed by atoms with Crippen molar-refractivity contribution >= 4 is 0 Å². The molecule has 0 aromatic rings. The highest BCUT2D eigenvalue weighted by atomic mass is 16.6. The molecular weight excluding hydrogens is 56.0 g/mol. The van der Waals surface area contributed by atoms with Gasteiger partial charge < -0.3 is 4.84 Å². The summed E-state index contributed by atoms with van der Waals surface area (Å²) in [6.07, 6.45) is 1.21. The molecule has 0 heterocycles. The van der Waals surface area contributed by atoms with E-state index in [1.807, 2.05) is 0 Å². The second-order valence-electron chi connectivity index (χ2n) is 0.209. The van der Waals surface area contributed by atoms with Crippen molar-refractivity contribution in [3.63, 3.8) is 0 Å². The number of nitrogens with two attached hydrogens (primary N) is 1. The molecule has 3 heteroatoms. The molecule has 0 fully saturated rings. The van der Waals surface area contributed by atoms with Gasteiger partial charge in [0.25, 0.3) is 0 Å². The lowest BCUT2D eigenvalue weighted by Crippen LogP contribution is -1.86. The Morgan fingerprint density at radius 1 is 2.00 bits per heavy atom. The molecule has 4 heavy (non-hydrogen) atoms. The van der Waals surface area contributed by atoms with Crippen LogP contribution in [0.15, 0.2) is 0 Å². The number of hydrogen-bond donors (Lipinski definition) is 1. The van der Waals surface area contributed by atoms with E-state index in [0.29, 0.717) is 0 Å². The summed E-state index contributed by atoms with van der Waals surface area (Å²) in [6.45, 7) is 0. The van der Waals surface area contributed by atoms with Gasteiger partial charge in [0.1, 0.15) is 0 Å². The molecule has 0 aliphatic heterocycles. The van der Waals surface area contributed by atoms with Crippen LogP contribution in [0.25, 0.3) is 0 Å². The average Bonchev–Trinajstić information content (AvgIpc) is 1.37. The summed E-state index contributed by atoms with van der Waals surface area (Å²) >= 11 is 0. The van der Waals surface area contributed by atoms with E-state index < -0.39 is 0 Å². The van der Waals surface area contributed by atoms with Gasteiger partial charge in [-0.3, -0.25) is 0 Å². The van der Waals surface area contributed by atoms with Gasteiger partial charge >= 0.3 is 6.26 Å². The Kier molecular flexibility index (Phi) is 1.83. The van der Waals surface area contributed by atoms with E-state index in [1.165, 1.54) is 6.26 Å². The zero-order valence-electron chi connectivity index (χ0n) is 1.93. The minimum Gasteiger partial charge on any atom is -0.333 e. The van der Waals surface area contributed by atoms with E-state index in [0.717, 1.165) is 0 Å². The summed E-state index contributed by atoms with van der Waals surface area (Å²) in [4.78, 5) is 3.35. The summed E-state index contributed by atoms with van der Waals surface area (Å²) in [7, 11) is 0. The molecule has 0 aliphatic carbocycles. The molecule has 0 aliphatic rings. The van der Waals surface area contributed by atoms with Crippen molar-refractivity contribution in [2.24, 2.45) is 5.90 Å². The SMILES string of the molecule is N#CON. The molecule has 0 atom stereocenters. The summed E-state index contributed by atoms with van der Waals surface area (Å²) in [5.41, 5.74) is 0. The van der Waals surface area contributed by atoms with E-state index >= 15 is 0 Å². The summed E-state index contributed by atoms with van der Waals surface area (Å²) in [5.74, 6) is 4.17. The molecule has 0 saturated carbocycles. The lowest BCUT2D eigenvalue weighted by Gasteiger charge is -1.61. The van der Waals surface area contributed by atoms with E-state index in [2.05, 4.69) is 10.7 Å². The second kappa shape index (κ2) is 2.25. The fourth-order valence-corrected chi connectivity index (χ4v) is 0. The fraction of sp³-hybridized carbons (Fsp3) is 0. The predicted octanol–water partition coefficient (Wildman–Crippen LogP) is -0.642. The zero-order valence-corrected chi connectivity index (χ0v) is 1.93. The highest BCUT2D eigenvalue weighted by molar-refractivity contribution is 4.37. The normalized spacial score (nSPS) is 4.00. The van der Waals surface area contributed by atoms with Crippen molar-refractivity contribution in [3.8, 4) is 6.26 Å². The van der Waals surface area contributed by atoms with Crippen molar-refractivity contribution in [1.29, 1.82) is 5.26 Å². The number of hydrogen-bond acceptors (Lipinski definition) is 3. The van der Waals surface area contributed by atoms with Gasteiger partial charge in [-0.2, -0.15) is 5.90 Å². The molecule has 0 saturated heterocycles. The van der Waals surface area contributed by atoms with Crippen LogP contribution in [0.4, 0.5) is 0 Å². The Morgan fingerprint density at radius 2 is 2.25 bits per heavy atom. The molecule has 22 valence electrons. The van der Waals surface area contributed by atoms with Crippen LogP contribution in [-0.2, 0) is 4.84 Å². The molecule has 0 unspecified atom stereocenters. The lowest BCUT2D eigenvalue weighted by molar-refractivity contribution is 0.284. The summed E-state index contributed by atoms with van der Waals surface area (Å²) < 4.78 is 0. The van der Waals surface area contributed by atoms with Gasteiger partial charge in [0.15, 0.2) is 0 Å². The van der Waals surface area contributed by atoms with Crippen molar-refractivity contribution in [3.05, 3.63) is 0 Å². The third kappa shape index (κ3) is 1.25. The van der Waals surface area contributed by atoms with Gasteiger partial charge in [-0.05, 0) is 0 Å². The lowest BCUT2D eigenvalue weighted by atomic mass is 11.6. The average molecular weight is 58.0 g/mol. The van der Waals surface area contributed by atoms with E-state index in [-0.39, 0.29) is 0 Å². The van der Waals surface area contributed by atoms with Gasteiger partial charge in [-0.25, -0.2) is 0 Å². The Hall–Kier alpha value is -0.750. The maximum atomic E-state index is 7.28. The van der Waals surface area contributed by atoms with Gasteiger partial charge in [0.2, 0.25) is 0 Å². The van der Waals surface area contributed by atoms with Crippen LogP contribution in [0.1, 0.15) is 0 Å². The fourth-order valence-electron chi connectivity index (χ4n) is 0. The third-order valence-electron chi connectivity index (χ3n) is 0.0527. The number of nitriles is 1. The van der Waals surface area contributed by atoms with E-state index in [1.54, 1.807) is 0 Å². The third-order valence-corrected chi connectivity index (χ3v) is 0.0527. The van der Waals surface area contributed by atoms with E-state index in [4.69, 9.17) is 5.26 Å². The first-order chi connectivity index (χ1) is 1.91. The minimum absolute atomic E-state index is 1.21. The molecular formula is CH2N2O. The predicted molar refractivity (Wildman–Crippen MR) is 10.9 cm³/mol. The van der Waals surface area contributed by atoms with Crippen molar-refractivity contribution in [2.45, 2.75) is 0 Å². The molecule has 0 amide bonds. The van der Waals surface area contributed by atoms with Crippen molar-refractivity contribution in [2.75, 3.05) is 0 Å². The molecule has 0 radical (unpaired) electrons. The topological polar surface area (TPSA) is 59.0 Å². The zero-order chi connectivity index (χ0) is 3.41. The van der Waals surface area contributed by atoms with Crippen LogP contribution in [0.2, 0.25) is 0 Å². The van der Waals surface area contributed by atoms with Crippen LogP contribution in [0, 0.1) is 11.5 Å². The molecule has 0 spiro atoms. The van der Waals surface area contributed by atoms with Crippen LogP contribution < -0.4 is 5.90 Å². The smallest absolute Gasteiger partial charge is 0.307 e. The first-order valence-electron chi connectivity index (χ1n) is 0.663. The van der Waals surface area contributed by atoms with Crippen LogP contribution in [0.5, 0.6) is 0 Å². The highest BCUT2D eigenvalue weighted by Crippen LogP contribution is 1.31. The summed E-state index contributed by atoms with van der Waals surface area (Å²) in [6, 6.07) is 0. The van der Waals surface area contributed by atoms with E-state index in [9.17, 15) is 0 Å². The molecule has 3 nitrogen and oxygen atoms in total. The molecule has 0 bridgehead atoms. The van der Waals surface area contributed by atoms with Gasteiger partial charge in [-0.1, -0.05) is 0 Å². The highest BCUT2D eigenvalue weighted by Gasteiger charge is 1.42. The molecule has 0 rings (SSSR count). The Morgan fingerprint density at radius 3 is 2.25 bits per heavy atom. The Balaban J connectivity index is 2.43. The Bertz CT molecular complexity index is 35.8. The molecule has 0 aromatic heterocycles. The van der Waals surface area contributed by atoms with Crippen molar-refractivity contribution in [1.82, 2.24) is 0 Å². The molecule has 0 aromatic carbocycles. The number of rotatable bonds is 0. The molecule has 2 N–H and O–H groups in total. The monoisotopic (exact) mass is 58.0 g/mol. The van der Waals surface area contributed by atoms with Crippen LogP contribution in [0.3, 0.4) is 0 Å². The van der Waals surface area contributed by atoms with Crippen LogP contribution >= 0.6 is 0 Å². The Labute approximate surface area is 23.5 Å². The van der Waals surface area contributed by atoms with Gasteiger partial charge in [-0.15, -0.1) is 5.26 Å². The van der Waals surface area contributed by atoms with Gasteiger partial charge in [0.05, 0.1) is 0 Å². The minimum atomic E-state index is 1.21. The summed E-state index contributed by atoms with van der Waals surface area (Å²) in [5, 5.41) is 7.28. The number of nitrogens with zero attached hydrogens (tertiary/aromatic N) is 1. The van der Waals surface area contributed by atoms with Gasteiger partial charge in [0, 0.05) is 0 Å². The maximum absolute atomic E-state index is 7.28. The first-order valence-corrected chi connectivity index (χ1v) is 0.663. The maximum Gasteiger partial charge on any atom is 0.307 e. The van der Waals surface area contributed by atoms with Crippen LogP contribution in [-0.4, -0.2) is 0 Å². The van der Waals surface area contributed by atoms with Crippen molar-refractivity contribution < 1.29 is 4.84 Å². The largest absolute Gasteiger partial charge is 0.333 e.